The highest BCUT2D eigenvalue weighted by Gasteiger charge is 2.04. The van der Waals surface area contributed by atoms with Crippen molar-refractivity contribution < 1.29 is 15.0 Å². The molecule has 3 heteroatoms. The summed E-state index contributed by atoms with van der Waals surface area (Å²) < 4.78 is 0. The fourth-order valence-corrected chi connectivity index (χ4v) is 0.724. The smallest absolute Gasteiger partial charge is 0.330 e. The van der Waals surface area contributed by atoms with Crippen LogP contribution in [0.2, 0.25) is 0 Å². The van der Waals surface area contributed by atoms with Gasteiger partial charge in [0.15, 0.2) is 0 Å². The summed E-state index contributed by atoms with van der Waals surface area (Å²) in [4.78, 5) is 10.3. The van der Waals surface area contributed by atoms with E-state index in [-0.39, 0.29) is 12.5 Å². The van der Waals surface area contributed by atoms with Gasteiger partial charge in [-0.3, -0.25) is 0 Å². The molecule has 0 aromatic carbocycles. The van der Waals surface area contributed by atoms with E-state index in [2.05, 4.69) is 0 Å². The Kier molecular flexibility index (Phi) is 4.54. The van der Waals surface area contributed by atoms with Crippen molar-refractivity contribution in [2.24, 2.45) is 5.92 Å². The zero-order valence-corrected chi connectivity index (χ0v) is 6.87. The standard InChI is InChI=1S/C8H14O3/c1-3-7(5-9)4-6(2)8(10)11/h4,7,9H,3,5H2,1-2H3,(H,10,11). The van der Waals surface area contributed by atoms with Crippen LogP contribution in [0.15, 0.2) is 11.6 Å². The first-order chi connectivity index (χ1) is 5.11. The summed E-state index contributed by atoms with van der Waals surface area (Å²) in [5.74, 6) is -0.942. The second-order valence-corrected chi connectivity index (χ2v) is 2.51. The van der Waals surface area contributed by atoms with Crippen LogP contribution in [0, 0.1) is 5.92 Å². The van der Waals surface area contributed by atoms with Crippen LogP contribution in [0.4, 0.5) is 0 Å². The summed E-state index contributed by atoms with van der Waals surface area (Å²) in [6, 6.07) is 0. The maximum Gasteiger partial charge on any atom is 0.330 e. The minimum absolute atomic E-state index is 0.0150. The van der Waals surface area contributed by atoms with Crippen molar-refractivity contribution in [3.8, 4) is 0 Å². The number of hydrogen-bond donors (Lipinski definition) is 2. The molecule has 0 saturated heterocycles. The van der Waals surface area contributed by atoms with Gasteiger partial charge in [-0.2, -0.15) is 0 Å². The Morgan fingerprint density at radius 1 is 1.64 bits per heavy atom. The van der Waals surface area contributed by atoms with Crippen LogP contribution in [0.25, 0.3) is 0 Å². The molecule has 1 unspecified atom stereocenters. The quantitative estimate of drug-likeness (QED) is 0.601. The number of hydrogen-bond acceptors (Lipinski definition) is 2. The molecular weight excluding hydrogens is 144 g/mol. The maximum absolute atomic E-state index is 10.3. The molecule has 11 heavy (non-hydrogen) atoms. The minimum Gasteiger partial charge on any atom is -0.478 e. The monoisotopic (exact) mass is 158 g/mol. The number of aliphatic hydroxyl groups excluding tert-OH is 1. The Morgan fingerprint density at radius 3 is 2.45 bits per heavy atom. The number of aliphatic carboxylic acids is 1. The van der Waals surface area contributed by atoms with E-state index >= 15 is 0 Å². The fourth-order valence-electron chi connectivity index (χ4n) is 0.724. The molecule has 3 nitrogen and oxygen atoms in total. The van der Waals surface area contributed by atoms with E-state index in [9.17, 15) is 4.79 Å². The molecule has 0 aliphatic carbocycles. The average molecular weight is 158 g/mol. The van der Waals surface area contributed by atoms with Gasteiger partial charge in [-0.15, -0.1) is 0 Å². The van der Waals surface area contributed by atoms with E-state index in [4.69, 9.17) is 10.2 Å². The largest absolute Gasteiger partial charge is 0.478 e. The lowest BCUT2D eigenvalue weighted by Gasteiger charge is -2.04. The zero-order valence-electron chi connectivity index (χ0n) is 6.87. The van der Waals surface area contributed by atoms with Gasteiger partial charge in [0, 0.05) is 18.1 Å². The van der Waals surface area contributed by atoms with Gasteiger partial charge in [0.2, 0.25) is 0 Å². The van der Waals surface area contributed by atoms with Crippen LogP contribution in [-0.4, -0.2) is 22.8 Å². The highest BCUT2D eigenvalue weighted by molar-refractivity contribution is 5.85. The Hall–Kier alpha value is -0.830. The third-order valence-corrected chi connectivity index (χ3v) is 1.58. The second kappa shape index (κ2) is 4.91. The van der Waals surface area contributed by atoms with E-state index in [1.807, 2.05) is 6.92 Å². The summed E-state index contributed by atoms with van der Waals surface area (Å²) in [5, 5.41) is 17.2. The summed E-state index contributed by atoms with van der Waals surface area (Å²) in [7, 11) is 0. The van der Waals surface area contributed by atoms with Gasteiger partial charge in [0.05, 0.1) is 0 Å². The first-order valence-electron chi connectivity index (χ1n) is 3.64. The zero-order chi connectivity index (χ0) is 8.85. The third kappa shape index (κ3) is 3.78. The lowest BCUT2D eigenvalue weighted by molar-refractivity contribution is -0.132. The van der Waals surface area contributed by atoms with E-state index in [1.54, 1.807) is 6.08 Å². The SMILES string of the molecule is CCC(C=C(C)C(=O)O)CO. The lowest BCUT2D eigenvalue weighted by Crippen LogP contribution is -2.05. The summed E-state index contributed by atoms with van der Waals surface area (Å²) in [5.41, 5.74) is 0.297. The predicted octanol–water partition coefficient (Wildman–Crippen LogP) is 1.04. The highest BCUT2D eigenvalue weighted by Crippen LogP contribution is 2.06. The molecule has 0 heterocycles. The molecule has 0 spiro atoms. The van der Waals surface area contributed by atoms with Gasteiger partial charge in [-0.25, -0.2) is 4.79 Å². The van der Waals surface area contributed by atoms with Gasteiger partial charge in [-0.1, -0.05) is 13.0 Å². The van der Waals surface area contributed by atoms with Gasteiger partial charge in [-0.05, 0) is 13.3 Å². The highest BCUT2D eigenvalue weighted by atomic mass is 16.4. The third-order valence-electron chi connectivity index (χ3n) is 1.58. The van der Waals surface area contributed by atoms with E-state index in [0.717, 1.165) is 6.42 Å². The number of aliphatic hydroxyl groups is 1. The molecule has 1 atom stereocenters. The van der Waals surface area contributed by atoms with E-state index < -0.39 is 5.97 Å². The molecule has 2 N–H and O–H groups in total. The Labute approximate surface area is 66.4 Å². The fraction of sp³-hybridized carbons (Fsp3) is 0.625. The topological polar surface area (TPSA) is 57.5 Å². The summed E-state index contributed by atoms with van der Waals surface area (Å²) in [6.07, 6.45) is 2.35. The minimum atomic E-state index is -0.920. The Balaban J connectivity index is 4.14. The first kappa shape index (κ1) is 10.2. The molecule has 0 aromatic rings. The summed E-state index contributed by atoms with van der Waals surface area (Å²) in [6.45, 7) is 3.45. The maximum atomic E-state index is 10.3. The molecule has 0 saturated carbocycles. The normalized spacial score (nSPS) is 14.6. The molecule has 64 valence electrons. The molecule has 0 rings (SSSR count). The Bertz CT molecular complexity index is 157. The molecular formula is C8H14O3. The number of carbonyl (C=O) groups is 1. The van der Waals surface area contributed by atoms with Gasteiger partial charge in [0.25, 0.3) is 0 Å². The van der Waals surface area contributed by atoms with Gasteiger partial charge >= 0.3 is 5.97 Å². The van der Waals surface area contributed by atoms with Crippen molar-refractivity contribution >= 4 is 5.97 Å². The van der Waals surface area contributed by atoms with Crippen molar-refractivity contribution in [3.63, 3.8) is 0 Å². The van der Waals surface area contributed by atoms with Crippen LogP contribution in [0.5, 0.6) is 0 Å². The molecule has 0 aliphatic heterocycles. The van der Waals surface area contributed by atoms with E-state index in [1.165, 1.54) is 6.92 Å². The van der Waals surface area contributed by atoms with Gasteiger partial charge in [0.1, 0.15) is 0 Å². The lowest BCUT2D eigenvalue weighted by atomic mass is 10.0. The molecule has 0 radical (unpaired) electrons. The van der Waals surface area contributed by atoms with E-state index in [0.29, 0.717) is 5.57 Å². The number of carboxylic acids is 1. The van der Waals surface area contributed by atoms with Crippen LogP contribution in [-0.2, 0) is 4.79 Å². The van der Waals surface area contributed by atoms with Crippen molar-refractivity contribution in [2.75, 3.05) is 6.61 Å². The van der Waals surface area contributed by atoms with Crippen LogP contribution >= 0.6 is 0 Å². The number of rotatable bonds is 4. The molecule has 0 fully saturated rings. The van der Waals surface area contributed by atoms with Crippen molar-refractivity contribution in [1.82, 2.24) is 0 Å². The van der Waals surface area contributed by atoms with Crippen LogP contribution in [0.3, 0.4) is 0 Å². The molecule has 0 aromatic heterocycles. The van der Waals surface area contributed by atoms with Crippen molar-refractivity contribution in [2.45, 2.75) is 20.3 Å². The Morgan fingerprint density at radius 2 is 2.18 bits per heavy atom. The molecule has 0 amide bonds. The second-order valence-electron chi connectivity index (χ2n) is 2.51. The average Bonchev–Trinajstić information content (AvgIpc) is 1.99. The van der Waals surface area contributed by atoms with Crippen molar-refractivity contribution in [3.05, 3.63) is 11.6 Å². The van der Waals surface area contributed by atoms with Crippen LogP contribution < -0.4 is 0 Å². The summed E-state index contributed by atoms with van der Waals surface area (Å²) >= 11 is 0. The van der Waals surface area contributed by atoms with Crippen molar-refractivity contribution in [1.29, 1.82) is 0 Å². The number of carboxylic acid groups (broad SMARTS) is 1. The van der Waals surface area contributed by atoms with Crippen LogP contribution in [0.1, 0.15) is 20.3 Å². The predicted molar refractivity (Wildman–Crippen MR) is 42.3 cm³/mol. The first-order valence-corrected chi connectivity index (χ1v) is 3.64. The molecule has 0 aliphatic rings. The molecule has 0 bridgehead atoms. The van der Waals surface area contributed by atoms with Gasteiger partial charge < -0.3 is 10.2 Å².